The van der Waals surface area contributed by atoms with Crippen molar-refractivity contribution in [1.82, 2.24) is 0 Å². The van der Waals surface area contributed by atoms with E-state index in [1.165, 1.54) is 16.7 Å². The topological polar surface area (TPSA) is 35.2 Å². The average molecular weight is 219 g/mol. The second kappa shape index (κ2) is 4.98. The Morgan fingerprint density at radius 2 is 2.00 bits per heavy atom. The van der Waals surface area contributed by atoms with Crippen LogP contribution in [0.3, 0.4) is 0 Å². The van der Waals surface area contributed by atoms with Gasteiger partial charge < -0.3 is 10.5 Å². The third kappa shape index (κ3) is 2.45. The Bertz CT molecular complexity index is 342. The van der Waals surface area contributed by atoms with Crippen molar-refractivity contribution >= 4 is 0 Å². The molecule has 2 atom stereocenters. The molecule has 0 aromatic heterocycles. The van der Waals surface area contributed by atoms with Gasteiger partial charge in [-0.15, -0.1) is 0 Å². The Balaban J connectivity index is 2.13. The van der Waals surface area contributed by atoms with E-state index in [0.29, 0.717) is 12.0 Å². The molecule has 0 radical (unpaired) electrons. The number of hydrogen-bond donors (Lipinski definition) is 1. The van der Waals surface area contributed by atoms with E-state index in [2.05, 4.69) is 32.0 Å². The fraction of sp³-hybridized carbons (Fsp3) is 0.571. The molecule has 0 saturated carbocycles. The fourth-order valence-electron chi connectivity index (χ4n) is 2.46. The fourth-order valence-corrected chi connectivity index (χ4v) is 2.46. The van der Waals surface area contributed by atoms with Crippen LogP contribution in [0.15, 0.2) is 18.2 Å². The lowest BCUT2D eigenvalue weighted by molar-refractivity contribution is 0.0421. The Hall–Kier alpha value is -0.860. The summed E-state index contributed by atoms with van der Waals surface area (Å²) in [5, 5.41) is 0. The highest BCUT2D eigenvalue weighted by Crippen LogP contribution is 2.22. The van der Waals surface area contributed by atoms with Gasteiger partial charge in [0, 0.05) is 18.6 Å². The van der Waals surface area contributed by atoms with Crippen molar-refractivity contribution in [2.24, 2.45) is 11.7 Å². The first-order chi connectivity index (χ1) is 7.68. The highest BCUT2D eigenvalue weighted by molar-refractivity contribution is 5.34. The van der Waals surface area contributed by atoms with Crippen molar-refractivity contribution < 1.29 is 4.74 Å². The number of hydrogen-bond acceptors (Lipinski definition) is 2. The molecule has 1 saturated heterocycles. The van der Waals surface area contributed by atoms with Crippen LogP contribution in [0.2, 0.25) is 0 Å². The van der Waals surface area contributed by atoms with Gasteiger partial charge >= 0.3 is 0 Å². The second-order valence-electron chi connectivity index (χ2n) is 4.86. The van der Waals surface area contributed by atoms with Crippen LogP contribution in [0.25, 0.3) is 0 Å². The third-order valence-electron chi connectivity index (χ3n) is 3.64. The summed E-state index contributed by atoms with van der Waals surface area (Å²) in [6, 6.07) is 6.77. The second-order valence-corrected chi connectivity index (χ2v) is 4.86. The van der Waals surface area contributed by atoms with Gasteiger partial charge in [-0.05, 0) is 43.4 Å². The zero-order valence-corrected chi connectivity index (χ0v) is 10.2. The van der Waals surface area contributed by atoms with Crippen molar-refractivity contribution in [3.8, 4) is 0 Å². The first-order valence-electron chi connectivity index (χ1n) is 6.07. The van der Waals surface area contributed by atoms with Crippen LogP contribution >= 0.6 is 0 Å². The Labute approximate surface area is 97.8 Å². The van der Waals surface area contributed by atoms with Gasteiger partial charge in [0.05, 0.1) is 6.61 Å². The standard InChI is InChI=1S/C14H21NO/c1-10-4-3-5-11(2)13(10)8-12-9-16-7-6-14(12)15/h3-5,12,14H,6-9,15H2,1-2H3. The Kier molecular flexibility index (Phi) is 3.62. The van der Waals surface area contributed by atoms with E-state index in [4.69, 9.17) is 10.5 Å². The Morgan fingerprint density at radius 1 is 1.31 bits per heavy atom. The van der Waals surface area contributed by atoms with E-state index >= 15 is 0 Å². The molecule has 1 aromatic rings. The third-order valence-corrected chi connectivity index (χ3v) is 3.64. The SMILES string of the molecule is Cc1cccc(C)c1CC1COCCC1N. The largest absolute Gasteiger partial charge is 0.381 e. The molecule has 2 nitrogen and oxygen atoms in total. The van der Waals surface area contributed by atoms with E-state index in [1.54, 1.807) is 0 Å². The molecule has 1 fully saturated rings. The summed E-state index contributed by atoms with van der Waals surface area (Å²) in [4.78, 5) is 0. The summed E-state index contributed by atoms with van der Waals surface area (Å²) in [6.45, 7) is 5.99. The highest BCUT2D eigenvalue weighted by atomic mass is 16.5. The van der Waals surface area contributed by atoms with Gasteiger partial charge in [0.15, 0.2) is 0 Å². The molecule has 0 aliphatic carbocycles. The molecule has 2 unspecified atom stereocenters. The quantitative estimate of drug-likeness (QED) is 0.827. The van der Waals surface area contributed by atoms with Crippen LogP contribution in [0.4, 0.5) is 0 Å². The van der Waals surface area contributed by atoms with Crippen LogP contribution in [0.1, 0.15) is 23.1 Å². The van der Waals surface area contributed by atoms with E-state index in [0.717, 1.165) is 26.1 Å². The van der Waals surface area contributed by atoms with Gasteiger partial charge in [-0.2, -0.15) is 0 Å². The number of nitrogens with two attached hydrogens (primary N) is 1. The van der Waals surface area contributed by atoms with Gasteiger partial charge in [-0.1, -0.05) is 18.2 Å². The normalized spacial score (nSPS) is 25.7. The Morgan fingerprint density at radius 3 is 2.62 bits per heavy atom. The molecule has 1 heterocycles. The monoisotopic (exact) mass is 219 g/mol. The minimum Gasteiger partial charge on any atom is -0.381 e. The van der Waals surface area contributed by atoms with E-state index in [1.807, 2.05) is 0 Å². The maximum absolute atomic E-state index is 6.15. The molecule has 1 aliphatic heterocycles. The number of ether oxygens (including phenoxy) is 1. The summed E-state index contributed by atoms with van der Waals surface area (Å²) < 4.78 is 5.52. The molecule has 1 aromatic carbocycles. The minimum atomic E-state index is 0.299. The van der Waals surface area contributed by atoms with Crippen LogP contribution in [-0.4, -0.2) is 19.3 Å². The summed E-state index contributed by atoms with van der Waals surface area (Å²) in [5.41, 5.74) is 10.3. The molecule has 2 rings (SSSR count). The number of rotatable bonds is 2. The van der Waals surface area contributed by atoms with Crippen molar-refractivity contribution in [1.29, 1.82) is 0 Å². The van der Waals surface area contributed by atoms with Crippen LogP contribution in [0, 0.1) is 19.8 Å². The van der Waals surface area contributed by atoms with Gasteiger partial charge in [0.2, 0.25) is 0 Å². The smallest absolute Gasteiger partial charge is 0.0512 e. The molecular weight excluding hydrogens is 198 g/mol. The van der Waals surface area contributed by atoms with E-state index in [9.17, 15) is 0 Å². The molecule has 2 N–H and O–H groups in total. The summed E-state index contributed by atoms with van der Waals surface area (Å²) in [7, 11) is 0. The predicted octanol–water partition coefficient (Wildman–Crippen LogP) is 2.21. The molecule has 2 heteroatoms. The maximum Gasteiger partial charge on any atom is 0.0512 e. The van der Waals surface area contributed by atoms with Crippen molar-refractivity contribution in [3.63, 3.8) is 0 Å². The van der Waals surface area contributed by atoms with E-state index < -0.39 is 0 Å². The molecule has 0 bridgehead atoms. The maximum atomic E-state index is 6.15. The first-order valence-corrected chi connectivity index (χ1v) is 6.07. The molecule has 16 heavy (non-hydrogen) atoms. The lowest BCUT2D eigenvalue weighted by Crippen LogP contribution is -2.39. The van der Waals surface area contributed by atoms with Crippen molar-refractivity contribution in [2.75, 3.05) is 13.2 Å². The molecule has 1 aliphatic rings. The minimum absolute atomic E-state index is 0.299. The van der Waals surface area contributed by atoms with Crippen LogP contribution in [-0.2, 0) is 11.2 Å². The van der Waals surface area contributed by atoms with E-state index in [-0.39, 0.29) is 0 Å². The van der Waals surface area contributed by atoms with Gasteiger partial charge in [-0.3, -0.25) is 0 Å². The van der Waals surface area contributed by atoms with Crippen molar-refractivity contribution in [2.45, 2.75) is 32.7 Å². The molecular formula is C14H21NO. The van der Waals surface area contributed by atoms with Gasteiger partial charge in [0.1, 0.15) is 0 Å². The predicted molar refractivity (Wildman–Crippen MR) is 66.5 cm³/mol. The van der Waals surface area contributed by atoms with Gasteiger partial charge in [0.25, 0.3) is 0 Å². The lowest BCUT2D eigenvalue weighted by Gasteiger charge is -2.29. The lowest BCUT2D eigenvalue weighted by atomic mass is 9.87. The van der Waals surface area contributed by atoms with Crippen LogP contribution in [0.5, 0.6) is 0 Å². The summed E-state index contributed by atoms with van der Waals surface area (Å²) >= 11 is 0. The molecule has 0 amide bonds. The molecule has 88 valence electrons. The zero-order chi connectivity index (χ0) is 11.5. The summed E-state index contributed by atoms with van der Waals surface area (Å²) in [6.07, 6.45) is 2.05. The summed E-state index contributed by atoms with van der Waals surface area (Å²) in [5.74, 6) is 0.480. The van der Waals surface area contributed by atoms with Crippen LogP contribution < -0.4 is 5.73 Å². The number of benzene rings is 1. The first kappa shape index (κ1) is 11.6. The van der Waals surface area contributed by atoms with Gasteiger partial charge in [-0.25, -0.2) is 0 Å². The highest BCUT2D eigenvalue weighted by Gasteiger charge is 2.23. The number of aryl methyl sites for hydroxylation is 2. The van der Waals surface area contributed by atoms with Crippen molar-refractivity contribution in [3.05, 3.63) is 34.9 Å². The average Bonchev–Trinajstić information content (AvgIpc) is 2.26. The zero-order valence-electron chi connectivity index (χ0n) is 10.2. The molecule has 0 spiro atoms.